The third kappa shape index (κ3) is 4.52. The molecule has 3 heteroatoms. The lowest BCUT2D eigenvalue weighted by molar-refractivity contribution is -0.123. The third-order valence-corrected chi connectivity index (χ3v) is 4.00. The summed E-state index contributed by atoms with van der Waals surface area (Å²) in [6.45, 7) is 12.7. The van der Waals surface area contributed by atoms with E-state index in [1.807, 2.05) is 6.92 Å². The Morgan fingerprint density at radius 3 is 2.50 bits per heavy atom. The molecular weight excluding hydrogens is 226 g/mol. The Balaban J connectivity index is 2.18. The van der Waals surface area contributed by atoms with E-state index in [-0.39, 0.29) is 11.5 Å². The van der Waals surface area contributed by atoms with E-state index in [1.165, 1.54) is 0 Å². The zero-order chi connectivity index (χ0) is 13.8. The van der Waals surface area contributed by atoms with Crippen LogP contribution in [-0.4, -0.2) is 36.5 Å². The van der Waals surface area contributed by atoms with Crippen LogP contribution in [0.2, 0.25) is 0 Å². The second kappa shape index (κ2) is 6.88. The van der Waals surface area contributed by atoms with Gasteiger partial charge in [0, 0.05) is 18.1 Å². The van der Waals surface area contributed by atoms with E-state index >= 15 is 0 Å². The minimum atomic E-state index is -0.177. The summed E-state index contributed by atoms with van der Waals surface area (Å²) in [5.41, 5.74) is 0.236. The second-order valence-corrected chi connectivity index (χ2v) is 6.77. The second-order valence-electron chi connectivity index (χ2n) is 6.77. The van der Waals surface area contributed by atoms with Crippen molar-refractivity contribution in [3.8, 4) is 0 Å². The molecule has 3 atom stereocenters. The summed E-state index contributed by atoms with van der Waals surface area (Å²) in [5, 5.41) is 12.8. The Hall–Kier alpha value is -0.120. The van der Waals surface area contributed by atoms with Crippen molar-refractivity contribution in [2.24, 2.45) is 11.3 Å². The van der Waals surface area contributed by atoms with Gasteiger partial charge >= 0.3 is 0 Å². The van der Waals surface area contributed by atoms with E-state index in [4.69, 9.17) is 4.74 Å². The molecule has 0 saturated heterocycles. The van der Waals surface area contributed by atoms with Gasteiger partial charge in [-0.25, -0.2) is 0 Å². The summed E-state index contributed by atoms with van der Waals surface area (Å²) in [7, 11) is 0. The van der Waals surface area contributed by atoms with Crippen molar-refractivity contribution in [2.75, 3.05) is 13.2 Å². The molecule has 1 aliphatic rings. The number of ether oxygens (including phenoxy) is 1. The lowest BCUT2D eigenvalue weighted by atomic mass is 9.64. The van der Waals surface area contributed by atoms with Gasteiger partial charge in [-0.1, -0.05) is 27.7 Å². The topological polar surface area (TPSA) is 41.5 Å². The summed E-state index contributed by atoms with van der Waals surface area (Å²) in [4.78, 5) is 0. The average molecular weight is 257 g/mol. The highest BCUT2D eigenvalue weighted by Crippen LogP contribution is 2.42. The van der Waals surface area contributed by atoms with Gasteiger partial charge in [0.15, 0.2) is 0 Å². The molecule has 3 unspecified atom stereocenters. The predicted octanol–water partition coefficient (Wildman–Crippen LogP) is 2.58. The summed E-state index contributed by atoms with van der Waals surface area (Å²) >= 11 is 0. The first-order valence-electron chi connectivity index (χ1n) is 7.37. The number of hydrogen-bond acceptors (Lipinski definition) is 3. The predicted molar refractivity (Wildman–Crippen MR) is 75.7 cm³/mol. The molecule has 1 fully saturated rings. The number of rotatable bonds is 8. The summed E-state index contributed by atoms with van der Waals surface area (Å²) in [5.74, 6) is 0.610. The number of aliphatic hydroxyl groups excluding tert-OH is 1. The van der Waals surface area contributed by atoms with Crippen molar-refractivity contribution >= 4 is 0 Å². The van der Waals surface area contributed by atoms with E-state index < -0.39 is 0 Å². The highest BCUT2D eigenvalue weighted by Gasteiger charge is 2.48. The van der Waals surface area contributed by atoms with Gasteiger partial charge in [-0.15, -0.1) is 0 Å². The van der Waals surface area contributed by atoms with E-state index in [0.29, 0.717) is 18.1 Å². The van der Waals surface area contributed by atoms with Gasteiger partial charge in [-0.05, 0) is 38.6 Å². The molecule has 0 heterocycles. The first kappa shape index (κ1) is 15.9. The molecule has 1 aliphatic carbocycles. The van der Waals surface area contributed by atoms with Crippen LogP contribution in [0.1, 0.15) is 53.9 Å². The summed E-state index contributed by atoms with van der Waals surface area (Å²) < 4.78 is 5.95. The van der Waals surface area contributed by atoms with Crippen molar-refractivity contribution < 1.29 is 9.84 Å². The first-order chi connectivity index (χ1) is 8.34. The van der Waals surface area contributed by atoms with E-state index in [1.54, 1.807) is 0 Å². The van der Waals surface area contributed by atoms with Crippen LogP contribution in [-0.2, 0) is 4.74 Å². The standard InChI is InChI=1S/C15H31NO2/c1-11(2)10-18-14-9-13(15(14,4)5)16-8-6-7-12(3)17/h11-14,16-17H,6-10H2,1-5H3. The molecule has 0 aromatic rings. The Labute approximate surface area is 112 Å². The maximum atomic E-state index is 9.21. The molecule has 0 aromatic carbocycles. The van der Waals surface area contributed by atoms with Crippen molar-refractivity contribution in [3.63, 3.8) is 0 Å². The maximum Gasteiger partial charge on any atom is 0.0656 e. The monoisotopic (exact) mass is 257 g/mol. The lowest BCUT2D eigenvalue weighted by Crippen LogP contribution is -2.61. The quantitative estimate of drug-likeness (QED) is 0.657. The van der Waals surface area contributed by atoms with Gasteiger partial charge in [0.05, 0.1) is 12.2 Å². The lowest BCUT2D eigenvalue weighted by Gasteiger charge is -2.52. The van der Waals surface area contributed by atoms with E-state index in [9.17, 15) is 5.11 Å². The van der Waals surface area contributed by atoms with Gasteiger partial charge in [-0.2, -0.15) is 0 Å². The molecule has 1 rings (SSSR count). The largest absolute Gasteiger partial charge is 0.393 e. The van der Waals surface area contributed by atoms with Crippen LogP contribution in [0.5, 0.6) is 0 Å². The Morgan fingerprint density at radius 1 is 1.33 bits per heavy atom. The Bertz CT molecular complexity index is 237. The molecule has 0 bridgehead atoms. The minimum Gasteiger partial charge on any atom is -0.393 e. The smallest absolute Gasteiger partial charge is 0.0656 e. The molecule has 0 aromatic heterocycles. The van der Waals surface area contributed by atoms with Crippen LogP contribution in [0, 0.1) is 11.3 Å². The molecule has 0 aliphatic heterocycles. The molecule has 3 nitrogen and oxygen atoms in total. The summed E-state index contributed by atoms with van der Waals surface area (Å²) in [6.07, 6.45) is 3.27. The van der Waals surface area contributed by atoms with Crippen molar-refractivity contribution in [1.29, 1.82) is 0 Å². The number of aliphatic hydroxyl groups is 1. The molecule has 0 amide bonds. The van der Waals surface area contributed by atoms with Crippen molar-refractivity contribution in [1.82, 2.24) is 5.32 Å². The van der Waals surface area contributed by atoms with E-state index in [0.717, 1.165) is 32.4 Å². The van der Waals surface area contributed by atoms with Crippen LogP contribution in [0.3, 0.4) is 0 Å². The fourth-order valence-corrected chi connectivity index (χ4v) is 2.50. The number of nitrogens with one attached hydrogen (secondary N) is 1. The molecule has 0 radical (unpaired) electrons. The highest BCUT2D eigenvalue weighted by molar-refractivity contribution is 5.02. The normalized spacial score (nSPS) is 28.2. The van der Waals surface area contributed by atoms with Crippen LogP contribution >= 0.6 is 0 Å². The van der Waals surface area contributed by atoms with Gasteiger partial charge in [0.25, 0.3) is 0 Å². The van der Waals surface area contributed by atoms with Gasteiger partial charge < -0.3 is 15.2 Å². The zero-order valence-corrected chi connectivity index (χ0v) is 12.7. The van der Waals surface area contributed by atoms with Crippen molar-refractivity contribution in [2.45, 2.75) is 72.1 Å². The van der Waals surface area contributed by atoms with E-state index in [2.05, 4.69) is 33.0 Å². The van der Waals surface area contributed by atoms with Crippen LogP contribution in [0.25, 0.3) is 0 Å². The third-order valence-electron chi connectivity index (χ3n) is 4.00. The summed E-state index contributed by atoms with van der Waals surface area (Å²) in [6, 6.07) is 0.559. The van der Waals surface area contributed by atoms with Gasteiger partial charge in [0.2, 0.25) is 0 Å². The number of hydrogen-bond donors (Lipinski definition) is 2. The molecule has 108 valence electrons. The van der Waals surface area contributed by atoms with Crippen molar-refractivity contribution in [3.05, 3.63) is 0 Å². The highest BCUT2D eigenvalue weighted by atomic mass is 16.5. The fourth-order valence-electron chi connectivity index (χ4n) is 2.50. The van der Waals surface area contributed by atoms with Crippen LogP contribution in [0.4, 0.5) is 0 Å². The molecule has 1 saturated carbocycles. The molecule has 18 heavy (non-hydrogen) atoms. The first-order valence-corrected chi connectivity index (χ1v) is 7.37. The average Bonchev–Trinajstić information content (AvgIpc) is 2.25. The minimum absolute atomic E-state index is 0.177. The van der Waals surface area contributed by atoms with Crippen LogP contribution in [0.15, 0.2) is 0 Å². The van der Waals surface area contributed by atoms with Crippen LogP contribution < -0.4 is 5.32 Å². The zero-order valence-electron chi connectivity index (χ0n) is 12.7. The van der Waals surface area contributed by atoms with Gasteiger partial charge in [-0.3, -0.25) is 0 Å². The SMILES string of the molecule is CC(C)COC1CC(NCCCC(C)O)C1(C)C. The maximum absolute atomic E-state index is 9.21. The molecule has 2 N–H and O–H groups in total. The van der Waals surface area contributed by atoms with Gasteiger partial charge in [0.1, 0.15) is 0 Å². The Morgan fingerprint density at radius 2 is 2.00 bits per heavy atom. The molecule has 0 spiro atoms. The molecular formula is C15H31NO2. The Kier molecular flexibility index (Phi) is 6.09. The fraction of sp³-hybridized carbons (Fsp3) is 1.00.